The van der Waals surface area contributed by atoms with Crippen LogP contribution in [0.5, 0.6) is 0 Å². The number of nitrogens with one attached hydrogen (secondary N) is 1. The standard InChI is InChI=1S/C19H28N2O2/c1-19(2,3)23-18(22)21-12-10-15-5-4-6-16(17(15)21)13-20-11-9-14-7-8-14/h4-6,14,20H,7-13H2,1-3H3. The zero-order valence-corrected chi connectivity index (χ0v) is 14.5. The van der Waals surface area contributed by atoms with Crippen molar-refractivity contribution in [2.75, 3.05) is 18.0 Å². The maximum absolute atomic E-state index is 12.5. The Hall–Kier alpha value is -1.55. The minimum absolute atomic E-state index is 0.235. The smallest absolute Gasteiger partial charge is 0.414 e. The number of fused-ring (bicyclic) bond motifs is 1. The number of nitrogens with zero attached hydrogens (tertiary/aromatic N) is 1. The Morgan fingerprint density at radius 3 is 2.83 bits per heavy atom. The van der Waals surface area contributed by atoms with Gasteiger partial charge in [0.1, 0.15) is 5.60 Å². The van der Waals surface area contributed by atoms with E-state index < -0.39 is 5.60 Å². The van der Waals surface area contributed by atoms with Crippen molar-refractivity contribution in [2.24, 2.45) is 5.92 Å². The number of rotatable bonds is 5. The molecule has 1 aliphatic heterocycles. The normalized spacial score (nSPS) is 17.3. The predicted molar refractivity (Wildman–Crippen MR) is 92.8 cm³/mol. The van der Waals surface area contributed by atoms with Crippen LogP contribution in [-0.4, -0.2) is 24.8 Å². The molecule has 3 rings (SSSR count). The lowest BCUT2D eigenvalue weighted by Gasteiger charge is -2.26. The molecule has 126 valence electrons. The third kappa shape index (κ3) is 4.25. The average Bonchev–Trinajstić information content (AvgIpc) is 3.18. The van der Waals surface area contributed by atoms with Crippen LogP contribution in [0.3, 0.4) is 0 Å². The summed E-state index contributed by atoms with van der Waals surface area (Å²) < 4.78 is 5.57. The summed E-state index contributed by atoms with van der Waals surface area (Å²) in [5, 5.41) is 3.53. The Kier molecular flexibility index (Phi) is 4.62. The van der Waals surface area contributed by atoms with Crippen LogP contribution in [0.25, 0.3) is 0 Å². The third-order valence-corrected chi connectivity index (χ3v) is 4.43. The maximum Gasteiger partial charge on any atom is 0.414 e. The highest BCUT2D eigenvalue weighted by Crippen LogP contribution is 2.34. The molecule has 0 spiro atoms. The van der Waals surface area contributed by atoms with Gasteiger partial charge in [-0.3, -0.25) is 4.90 Å². The first-order valence-corrected chi connectivity index (χ1v) is 8.76. The van der Waals surface area contributed by atoms with Crippen molar-refractivity contribution in [2.45, 2.75) is 58.6 Å². The Labute approximate surface area is 139 Å². The van der Waals surface area contributed by atoms with E-state index >= 15 is 0 Å². The molecule has 4 nitrogen and oxygen atoms in total. The molecule has 0 aromatic heterocycles. The number of hydrogen-bond donors (Lipinski definition) is 1. The van der Waals surface area contributed by atoms with Gasteiger partial charge in [-0.1, -0.05) is 31.0 Å². The van der Waals surface area contributed by atoms with E-state index in [0.29, 0.717) is 6.54 Å². The van der Waals surface area contributed by atoms with Gasteiger partial charge in [0.25, 0.3) is 0 Å². The molecule has 1 heterocycles. The van der Waals surface area contributed by atoms with Crippen LogP contribution < -0.4 is 10.2 Å². The van der Waals surface area contributed by atoms with Crippen LogP contribution in [0.2, 0.25) is 0 Å². The topological polar surface area (TPSA) is 41.6 Å². The Morgan fingerprint density at radius 2 is 2.13 bits per heavy atom. The van der Waals surface area contributed by atoms with E-state index in [9.17, 15) is 4.79 Å². The highest BCUT2D eigenvalue weighted by atomic mass is 16.6. The van der Waals surface area contributed by atoms with Gasteiger partial charge in [0.2, 0.25) is 0 Å². The third-order valence-electron chi connectivity index (χ3n) is 4.43. The SMILES string of the molecule is CC(C)(C)OC(=O)N1CCc2cccc(CNCCC3CC3)c21. The van der Waals surface area contributed by atoms with Crippen LogP contribution in [-0.2, 0) is 17.7 Å². The van der Waals surface area contributed by atoms with Crippen LogP contribution in [0.1, 0.15) is 51.2 Å². The van der Waals surface area contributed by atoms with Gasteiger partial charge in [-0.15, -0.1) is 0 Å². The minimum Gasteiger partial charge on any atom is -0.443 e. The lowest BCUT2D eigenvalue weighted by Crippen LogP contribution is -2.36. The molecule has 2 aliphatic rings. The average molecular weight is 316 g/mol. The fourth-order valence-electron chi connectivity index (χ4n) is 3.12. The summed E-state index contributed by atoms with van der Waals surface area (Å²) in [7, 11) is 0. The van der Waals surface area contributed by atoms with Gasteiger partial charge in [-0.2, -0.15) is 0 Å². The number of ether oxygens (including phenoxy) is 1. The van der Waals surface area contributed by atoms with Crippen molar-refractivity contribution in [3.63, 3.8) is 0 Å². The number of benzene rings is 1. The van der Waals surface area contributed by atoms with E-state index in [1.54, 1.807) is 4.90 Å². The highest BCUT2D eigenvalue weighted by Gasteiger charge is 2.30. The van der Waals surface area contributed by atoms with E-state index in [1.807, 2.05) is 20.8 Å². The summed E-state index contributed by atoms with van der Waals surface area (Å²) in [5.41, 5.74) is 3.04. The predicted octanol–water partition coefficient (Wildman–Crippen LogP) is 3.87. The van der Waals surface area contributed by atoms with Crippen LogP contribution in [0.4, 0.5) is 10.5 Å². The van der Waals surface area contributed by atoms with Crippen molar-refractivity contribution in [1.29, 1.82) is 0 Å². The summed E-state index contributed by atoms with van der Waals surface area (Å²) in [5.74, 6) is 0.947. The van der Waals surface area contributed by atoms with E-state index in [-0.39, 0.29) is 6.09 Å². The molecule has 0 bridgehead atoms. The highest BCUT2D eigenvalue weighted by molar-refractivity contribution is 5.91. The molecule has 1 saturated carbocycles. The molecule has 1 amide bonds. The molecule has 1 N–H and O–H groups in total. The van der Waals surface area contributed by atoms with Crippen LogP contribution >= 0.6 is 0 Å². The van der Waals surface area contributed by atoms with Gasteiger partial charge < -0.3 is 10.1 Å². The molecular weight excluding hydrogens is 288 g/mol. The molecule has 0 unspecified atom stereocenters. The Morgan fingerprint density at radius 1 is 1.35 bits per heavy atom. The second-order valence-corrected chi connectivity index (χ2v) is 7.72. The van der Waals surface area contributed by atoms with E-state index in [4.69, 9.17) is 4.74 Å². The molecule has 1 aromatic rings. The summed E-state index contributed by atoms with van der Waals surface area (Å²) in [6, 6.07) is 6.33. The summed E-state index contributed by atoms with van der Waals surface area (Å²) in [6.45, 7) is 8.31. The van der Waals surface area contributed by atoms with Gasteiger partial charge in [0.15, 0.2) is 0 Å². The first-order valence-electron chi connectivity index (χ1n) is 8.76. The summed E-state index contributed by atoms with van der Waals surface area (Å²) >= 11 is 0. The van der Waals surface area contributed by atoms with Crippen molar-refractivity contribution >= 4 is 11.8 Å². The van der Waals surface area contributed by atoms with Crippen molar-refractivity contribution in [3.05, 3.63) is 29.3 Å². The lowest BCUT2D eigenvalue weighted by molar-refractivity contribution is 0.0583. The summed E-state index contributed by atoms with van der Waals surface area (Å²) in [4.78, 5) is 14.3. The van der Waals surface area contributed by atoms with Gasteiger partial charge in [-0.05, 0) is 57.2 Å². The van der Waals surface area contributed by atoms with Gasteiger partial charge >= 0.3 is 6.09 Å². The zero-order valence-electron chi connectivity index (χ0n) is 14.5. The number of amides is 1. The molecule has 4 heteroatoms. The van der Waals surface area contributed by atoms with Crippen molar-refractivity contribution in [3.8, 4) is 0 Å². The summed E-state index contributed by atoms with van der Waals surface area (Å²) in [6.07, 6.45) is 4.74. The molecule has 0 radical (unpaired) electrons. The fraction of sp³-hybridized carbons (Fsp3) is 0.632. The van der Waals surface area contributed by atoms with Gasteiger partial charge in [0.05, 0.1) is 5.69 Å². The van der Waals surface area contributed by atoms with E-state index in [0.717, 1.165) is 31.1 Å². The second-order valence-electron chi connectivity index (χ2n) is 7.72. The largest absolute Gasteiger partial charge is 0.443 e. The number of hydrogen-bond acceptors (Lipinski definition) is 3. The Balaban J connectivity index is 1.67. The van der Waals surface area contributed by atoms with Crippen molar-refractivity contribution < 1.29 is 9.53 Å². The molecule has 0 atom stereocenters. The second kappa shape index (κ2) is 6.52. The molecule has 0 saturated heterocycles. The van der Waals surface area contributed by atoms with Gasteiger partial charge in [-0.25, -0.2) is 4.79 Å². The molecular formula is C19H28N2O2. The lowest BCUT2D eigenvalue weighted by atomic mass is 10.1. The number of carbonyl (C=O) groups excluding carboxylic acids is 1. The minimum atomic E-state index is -0.461. The molecule has 1 aromatic carbocycles. The molecule has 23 heavy (non-hydrogen) atoms. The van der Waals surface area contributed by atoms with Gasteiger partial charge in [0, 0.05) is 13.1 Å². The monoisotopic (exact) mass is 316 g/mol. The number of para-hydroxylation sites is 1. The first kappa shape index (κ1) is 16.3. The number of carbonyl (C=O) groups is 1. The molecule has 1 fully saturated rings. The van der Waals surface area contributed by atoms with Crippen molar-refractivity contribution in [1.82, 2.24) is 5.32 Å². The first-order chi connectivity index (χ1) is 10.9. The van der Waals surface area contributed by atoms with Crippen LogP contribution in [0.15, 0.2) is 18.2 Å². The van der Waals surface area contributed by atoms with Crippen LogP contribution in [0, 0.1) is 5.92 Å². The number of anilines is 1. The quantitative estimate of drug-likeness (QED) is 0.838. The Bertz CT molecular complexity index is 573. The maximum atomic E-state index is 12.5. The zero-order chi connectivity index (χ0) is 16.4. The van der Waals surface area contributed by atoms with E-state index in [1.165, 1.54) is 30.4 Å². The molecule has 1 aliphatic carbocycles. The fourth-order valence-corrected chi connectivity index (χ4v) is 3.12. The van der Waals surface area contributed by atoms with E-state index in [2.05, 4.69) is 23.5 Å².